The van der Waals surface area contributed by atoms with Gasteiger partial charge in [0.1, 0.15) is 0 Å². The van der Waals surface area contributed by atoms with Crippen LogP contribution in [0, 0.1) is 13.8 Å². The third-order valence-electron chi connectivity index (χ3n) is 10.8. The van der Waals surface area contributed by atoms with E-state index in [1.807, 2.05) is 0 Å². The molecule has 1 aliphatic carbocycles. The van der Waals surface area contributed by atoms with Crippen molar-refractivity contribution in [3.63, 3.8) is 0 Å². The Labute approximate surface area is 301 Å². The lowest BCUT2D eigenvalue weighted by Crippen LogP contribution is -2.16. The second kappa shape index (κ2) is 11.9. The van der Waals surface area contributed by atoms with E-state index in [0.717, 1.165) is 5.69 Å². The maximum absolute atomic E-state index is 2.48. The molecule has 0 atom stereocenters. The van der Waals surface area contributed by atoms with Gasteiger partial charge in [0.05, 0.1) is 0 Å². The molecule has 0 heterocycles. The van der Waals surface area contributed by atoms with Crippen LogP contribution in [0.25, 0.3) is 66.1 Å². The summed E-state index contributed by atoms with van der Waals surface area (Å²) in [5, 5.41) is 5.08. The molecule has 246 valence electrons. The van der Waals surface area contributed by atoms with Crippen LogP contribution in [0.1, 0.15) is 37.5 Å². The zero-order valence-electron chi connectivity index (χ0n) is 30.0. The van der Waals surface area contributed by atoms with Gasteiger partial charge in [-0.2, -0.15) is 0 Å². The Kier molecular flexibility index (Phi) is 7.22. The van der Waals surface area contributed by atoms with Crippen molar-refractivity contribution in [2.24, 2.45) is 0 Å². The Morgan fingerprint density at radius 2 is 0.843 bits per heavy atom. The molecular weight excluding hydrogens is 615 g/mol. The third-order valence-corrected chi connectivity index (χ3v) is 10.8. The molecule has 9 rings (SSSR count). The predicted molar refractivity (Wildman–Crippen MR) is 220 cm³/mol. The molecule has 51 heavy (non-hydrogen) atoms. The van der Waals surface area contributed by atoms with Crippen LogP contribution in [0.4, 0.5) is 17.1 Å². The molecule has 8 aromatic carbocycles. The first-order chi connectivity index (χ1) is 24.7. The number of hydrogen-bond acceptors (Lipinski definition) is 1. The molecule has 0 aromatic heterocycles. The first kappa shape index (κ1) is 31.1. The molecule has 0 amide bonds. The van der Waals surface area contributed by atoms with E-state index in [9.17, 15) is 0 Å². The van der Waals surface area contributed by atoms with Crippen LogP contribution in [-0.2, 0) is 5.41 Å². The summed E-state index contributed by atoms with van der Waals surface area (Å²) in [5.74, 6) is 0. The summed E-state index contributed by atoms with van der Waals surface area (Å²) in [6, 6.07) is 58.6. The number of anilines is 3. The zero-order valence-corrected chi connectivity index (χ0v) is 30.0. The number of rotatable bonds is 5. The second-order valence-electron chi connectivity index (χ2n) is 15.2. The average Bonchev–Trinajstić information content (AvgIpc) is 3.15. The molecule has 0 radical (unpaired) electrons. The van der Waals surface area contributed by atoms with Crippen LogP contribution >= 0.6 is 0 Å². The zero-order chi connectivity index (χ0) is 34.9. The van der Waals surface area contributed by atoms with Gasteiger partial charge >= 0.3 is 0 Å². The molecule has 0 N–H and O–H groups in total. The molecule has 0 spiro atoms. The van der Waals surface area contributed by atoms with Gasteiger partial charge in [0.25, 0.3) is 0 Å². The quantitative estimate of drug-likeness (QED) is 0.178. The number of aryl methyl sites for hydroxylation is 2. The Bertz CT molecular complexity index is 2620. The van der Waals surface area contributed by atoms with Crippen LogP contribution in [-0.4, -0.2) is 0 Å². The van der Waals surface area contributed by atoms with Crippen molar-refractivity contribution in [1.29, 1.82) is 0 Å². The third kappa shape index (κ3) is 5.41. The van der Waals surface area contributed by atoms with E-state index >= 15 is 0 Å². The summed E-state index contributed by atoms with van der Waals surface area (Å²) in [6.07, 6.45) is 0. The van der Waals surface area contributed by atoms with E-state index in [0.29, 0.717) is 0 Å². The molecule has 1 aliphatic rings. The highest BCUT2D eigenvalue weighted by Gasteiger charge is 2.25. The van der Waals surface area contributed by atoms with Gasteiger partial charge < -0.3 is 4.90 Å². The molecule has 0 unspecified atom stereocenters. The normalized spacial score (nSPS) is 12.0. The monoisotopic (exact) mass is 655 g/mol. The van der Waals surface area contributed by atoms with Crippen LogP contribution in [0.5, 0.6) is 0 Å². The van der Waals surface area contributed by atoms with Crippen molar-refractivity contribution in [1.82, 2.24) is 0 Å². The smallest absolute Gasteiger partial charge is 0.0497 e. The van der Waals surface area contributed by atoms with Gasteiger partial charge in [-0.25, -0.2) is 0 Å². The number of nitrogens with zero attached hydrogens (tertiary/aromatic N) is 1. The van der Waals surface area contributed by atoms with Crippen molar-refractivity contribution < 1.29 is 0 Å². The largest absolute Gasteiger partial charge is 0.310 e. The highest BCUT2D eigenvalue weighted by Crippen LogP contribution is 2.51. The molecule has 1 heteroatoms. The van der Waals surface area contributed by atoms with E-state index in [1.165, 1.54) is 94.1 Å². The maximum atomic E-state index is 2.48. The molecule has 0 fully saturated rings. The summed E-state index contributed by atoms with van der Waals surface area (Å²) in [4.78, 5) is 2.48. The minimum absolute atomic E-state index is 0.0292. The first-order valence-corrected chi connectivity index (χ1v) is 18.0. The van der Waals surface area contributed by atoms with Gasteiger partial charge in [-0.05, 0) is 157 Å². The minimum atomic E-state index is 0.0292. The SMILES string of the molecule is Cc1ccc(-c2ccccc2)cc1N(c1ccc2cc3c(cc2c1)-c1cc2ccc(-c4ccccc4)cc2cc1-3)c1cc(C(C)(C)C)ccc1C. The van der Waals surface area contributed by atoms with Crippen molar-refractivity contribution in [3.05, 3.63) is 174 Å². The molecule has 0 saturated carbocycles. The summed E-state index contributed by atoms with van der Waals surface area (Å²) in [6.45, 7) is 11.4. The van der Waals surface area contributed by atoms with Crippen LogP contribution in [0.15, 0.2) is 158 Å². The molecule has 0 aliphatic heterocycles. The van der Waals surface area contributed by atoms with E-state index in [1.54, 1.807) is 0 Å². The van der Waals surface area contributed by atoms with Crippen molar-refractivity contribution in [2.75, 3.05) is 4.90 Å². The van der Waals surface area contributed by atoms with Gasteiger partial charge in [0, 0.05) is 17.1 Å². The fourth-order valence-corrected chi connectivity index (χ4v) is 7.75. The topological polar surface area (TPSA) is 3.24 Å². The van der Waals surface area contributed by atoms with Crippen molar-refractivity contribution in [3.8, 4) is 44.5 Å². The number of fused-ring (bicyclic) bond motifs is 6. The average molecular weight is 656 g/mol. The van der Waals surface area contributed by atoms with E-state index in [-0.39, 0.29) is 5.41 Å². The maximum Gasteiger partial charge on any atom is 0.0497 e. The molecule has 0 saturated heterocycles. The van der Waals surface area contributed by atoms with Crippen LogP contribution in [0.3, 0.4) is 0 Å². The summed E-state index contributed by atoms with van der Waals surface area (Å²) >= 11 is 0. The van der Waals surface area contributed by atoms with E-state index in [4.69, 9.17) is 0 Å². The fraction of sp³-hybridized carbons (Fsp3) is 0.120. The molecule has 0 bridgehead atoms. The van der Waals surface area contributed by atoms with Crippen molar-refractivity contribution >= 4 is 38.6 Å². The van der Waals surface area contributed by atoms with Crippen LogP contribution < -0.4 is 4.90 Å². The summed E-state index contributed by atoms with van der Waals surface area (Å²) in [5.41, 5.74) is 17.7. The second-order valence-corrected chi connectivity index (χ2v) is 15.2. The van der Waals surface area contributed by atoms with E-state index < -0.39 is 0 Å². The predicted octanol–water partition coefficient (Wildman–Crippen LogP) is 14.4. The summed E-state index contributed by atoms with van der Waals surface area (Å²) < 4.78 is 0. The Morgan fingerprint density at radius 3 is 1.43 bits per heavy atom. The molecular formula is C50H41N. The lowest BCUT2D eigenvalue weighted by atomic mass is 9.77. The first-order valence-electron chi connectivity index (χ1n) is 18.0. The lowest BCUT2D eigenvalue weighted by molar-refractivity contribution is 0.590. The van der Waals surface area contributed by atoms with Gasteiger partial charge in [0.15, 0.2) is 0 Å². The standard InChI is InChI=1S/C50H41N/c1-32-16-18-39(35-14-10-7-11-15-35)30-48(32)51(49-31-42(50(3,4)5)22-17-33(49)2)43-23-21-38-27-45-46-28-40-24-36(34-12-8-6-9-13-34)19-20-37(40)26-44(46)47(45)29-41(38)25-43/h6-31H,1-5H3. The van der Waals surface area contributed by atoms with Crippen molar-refractivity contribution in [2.45, 2.75) is 40.0 Å². The minimum Gasteiger partial charge on any atom is -0.310 e. The van der Waals surface area contributed by atoms with Gasteiger partial charge in [-0.3, -0.25) is 0 Å². The summed E-state index contributed by atoms with van der Waals surface area (Å²) in [7, 11) is 0. The Morgan fingerprint density at radius 1 is 0.373 bits per heavy atom. The highest BCUT2D eigenvalue weighted by molar-refractivity contribution is 6.12. The Hall–Kier alpha value is -5.92. The van der Waals surface area contributed by atoms with Gasteiger partial charge in [0.2, 0.25) is 0 Å². The number of hydrogen-bond donors (Lipinski definition) is 0. The highest BCUT2D eigenvalue weighted by atomic mass is 15.1. The van der Waals surface area contributed by atoms with Gasteiger partial charge in [-0.15, -0.1) is 0 Å². The van der Waals surface area contributed by atoms with E-state index in [2.05, 4.69) is 197 Å². The lowest BCUT2D eigenvalue weighted by Gasteiger charge is -2.31. The van der Waals surface area contributed by atoms with Gasteiger partial charge in [-0.1, -0.05) is 124 Å². The van der Waals surface area contributed by atoms with Crippen LogP contribution in [0.2, 0.25) is 0 Å². The Balaban J connectivity index is 1.18. The molecule has 8 aromatic rings. The number of benzene rings is 8. The fourth-order valence-electron chi connectivity index (χ4n) is 7.75. The molecule has 1 nitrogen and oxygen atoms in total.